The number of hydrogen-bond donors (Lipinski definition) is 6. The Bertz CT molecular complexity index is 1420. The Hall–Kier alpha value is -2.49. The molecule has 0 radical (unpaired) electrons. The quantitative estimate of drug-likeness (QED) is 0.0112. The molecule has 1 aliphatic carbocycles. The second-order valence-corrected chi connectivity index (χ2v) is 18.4. The molecule has 10 atom stereocenters. The number of esters is 2. The average Bonchev–Trinajstić information content (AvgIpc) is 4.03. The van der Waals surface area contributed by atoms with Gasteiger partial charge in [0.1, 0.15) is 43.2 Å². The van der Waals surface area contributed by atoms with E-state index in [0.717, 1.165) is 109 Å². The van der Waals surface area contributed by atoms with Crippen molar-refractivity contribution in [3.8, 4) is 0 Å². The molecule has 5 unspecified atom stereocenters. The predicted molar refractivity (Wildman–Crippen MR) is 248 cm³/mol. The van der Waals surface area contributed by atoms with Crippen LogP contribution in [0.1, 0.15) is 168 Å². The minimum atomic E-state index is -5.14. The summed E-state index contributed by atoms with van der Waals surface area (Å²) in [5, 5.41) is 50.2. The zero-order chi connectivity index (χ0) is 46.8. The molecule has 0 spiro atoms. The third-order valence-corrected chi connectivity index (χ3v) is 12.3. The number of phosphoric acid groups is 1. The summed E-state index contributed by atoms with van der Waals surface area (Å²) in [6, 6.07) is 0. The van der Waals surface area contributed by atoms with Gasteiger partial charge in [-0.05, 0) is 77.0 Å². The lowest BCUT2D eigenvalue weighted by Crippen LogP contribution is -2.64. The van der Waals surface area contributed by atoms with Gasteiger partial charge >= 0.3 is 19.8 Å². The van der Waals surface area contributed by atoms with Crippen molar-refractivity contribution in [2.24, 2.45) is 0 Å². The van der Waals surface area contributed by atoms with Crippen LogP contribution in [0.4, 0.5) is 0 Å². The van der Waals surface area contributed by atoms with Crippen LogP contribution in [-0.4, -0.2) is 111 Å². The van der Waals surface area contributed by atoms with Crippen molar-refractivity contribution < 1.29 is 67.8 Å². The van der Waals surface area contributed by atoms with E-state index in [0.29, 0.717) is 25.0 Å². The molecule has 1 saturated carbocycles. The summed E-state index contributed by atoms with van der Waals surface area (Å²) in [5.74, 6) is -1.14. The highest BCUT2D eigenvalue weighted by atomic mass is 31.2. The van der Waals surface area contributed by atoms with Crippen LogP contribution in [-0.2, 0) is 37.4 Å². The predicted octanol–water partition coefficient (Wildman–Crippen LogP) is 8.71. The van der Waals surface area contributed by atoms with Crippen molar-refractivity contribution in [3.63, 3.8) is 0 Å². The van der Waals surface area contributed by atoms with Crippen molar-refractivity contribution in [2.45, 2.75) is 223 Å². The molecule has 2 aliphatic rings. The highest BCUT2D eigenvalue weighted by Crippen LogP contribution is 2.47. The van der Waals surface area contributed by atoms with Crippen molar-refractivity contribution in [1.29, 1.82) is 0 Å². The Balaban J connectivity index is 1.70. The van der Waals surface area contributed by atoms with Gasteiger partial charge in [-0.2, -0.15) is 0 Å². The summed E-state index contributed by atoms with van der Waals surface area (Å²) in [4.78, 5) is 35.8. The zero-order valence-corrected chi connectivity index (χ0v) is 39.6. The third kappa shape index (κ3) is 27.2. The Kier molecular flexibility index (Phi) is 32.1. The maximum Gasteiger partial charge on any atom is 0.472 e. The molecule has 0 amide bonds. The fourth-order valence-electron chi connectivity index (χ4n) is 7.28. The lowest BCUT2D eigenvalue weighted by atomic mass is 9.85. The van der Waals surface area contributed by atoms with Crippen molar-refractivity contribution >= 4 is 19.8 Å². The Morgan fingerprint density at radius 2 is 1.08 bits per heavy atom. The van der Waals surface area contributed by atoms with Crippen LogP contribution in [0.2, 0.25) is 0 Å². The average molecular weight is 927 g/mol. The monoisotopic (exact) mass is 927 g/mol. The number of allylic oxidation sites excluding steroid dienone is 9. The van der Waals surface area contributed by atoms with Crippen molar-refractivity contribution in [1.82, 2.24) is 0 Å². The minimum Gasteiger partial charge on any atom is -0.462 e. The molecule has 0 bridgehead atoms. The second-order valence-electron chi connectivity index (χ2n) is 17.0. The van der Waals surface area contributed by atoms with E-state index in [4.69, 9.17) is 23.3 Å². The van der Waals surface area contributed by atoms with Crippen LogP contribution >= 0.6 is 7.82 Å². The normalized spacial score (nSPS) is 25.2. The topological polar surface area (TPSA) is 222 Å². The molecule has 1 aliphatic heterocycles. The first-order chi connectivity index (χ1) is 30.9. The molecule has 14 nitrogen and oxygen atoms in total. The van der Waals surface area contributed by atoms with Gasteiger partial charge in [0.2, 0.25) is 0 Å². The van der Waals surface area contributed by atoms with E-state index in [1.165, 1.54) is 19.3 Å². The first-order valence-electron chi connectivity index (χ1n) is 24.2. The van der Waals surface area contributed by atoms with Gasteiger partial charge in [0.25, 0.3) is 0 Å². The molecule has 0 aromatic carbocycles. The lowest BCUT2D eigenvalue weighted by molar-refractivity contribution is -0.220. The van der Waals surface area contributed by atoms with E-state index in [-0.39, 0.29) is 12.8 Å². The summed E-state index contributed by atoms with van der Waals surface area (Å²) in [6.07, 6.45) is 31.4. The number of rotatable bonds is 38. The third-order valence-electron chi connectivity index (χ3n) is 11.3. The molecule has 0 aromatic heterocycles. The van der Waals surface area contributed by atoms with Crippen molar-refractivity contribution in [2.75, 3.05) is 13.2 Å². The van der Waals surface area contributed by atoms with Gasteiger partial charge in [-0.3, -0.25) is 18.6 Å². The second kappa shape index (κ2) is 35.7. The van der Waals surface area contributed by atoms with Crippen LogP contribution in [0.3, 0.4) is 0 Å². The SMILES string of the molecule is CC/C=C\C/C=C\C/C=C\C/C=C\CCCCCCCCC(=O)O[C@H](COC(=O)CCCCCCCC1OC1C/C=C\CCCCC)COP(=O)(O)OC1[C@H](O)[C@H](O)C(O)[C@H](O)[C@H]1O. The fourth-order valence-corrected chi connectivity index (χ4v) is 8.26. The van der Waals surface area contributed by atoms with Crippen LogP contribution < -0.4 is 0 Å². The number of unbranched alkanes of at least 4 members (excludes halogenated alkanes) is 13. The van der Waals surface area contributed by atoms with E-state index in [2.05, 4.69) is 74.6 Å². The Morgan fingerprint density at radius 1 is 0.578 bits per heavy atom. The molecule has 64 heavy (non-hydrogen) atoms. The molecule has 368 valence electrons. The molecule has 0 aromatic rings. The van der Waals surface area contributed by atoms with Gasteiger partial charge in [-0.1, -0.05) is 139 Å². The van der Waals surface area contributed by atoms with E-state index in [9.17, 15) is 44.6 Å². The van der Waals surface area contributed by atoms with Crippen LogP contribution in [0.5, 0.6) is 0 Å². The highest BCUT2D eigenvalue weighted by molar-refractivity contribution is 7.47. The van der Waals surface area contributed by atoms with Gasteiger partial charge in [0.05, 0.1) is 18.8 Å². The number of phosphoric ester groups is 1. The fraction of sp³-hybridized carbons (Fsp3) is 0.755. The number of hydrogen-bond acceptors (Lipinski definition) is 13. The number of carbonyl (C=O) groups is 2. The molecule has 1 heterocycles. The molecule has 2 fully saturated rings. The molecule has 1 saturated heterocycles. The van der Waals surface area contributed by atoms with Crippen LogP contribution in [0.25, 0.3) is 0 Å². The summed E-state index contributed by atoms with van der Waals surface area (Å²) >= 11 is 0. The summed E-state index contributed by atoms with van der Waals surface area (Å²) < 4.78 is 39.4. The van der Waals surface area contributed by atoms with E-state index < -0.39 is 75.7 Å². The van der Waals surface area contributed by atoms with E-state index >= 15 is 0 Å². The van der Waals surface area contributed by atoms with Crippen molar-refractivity contribution in [3.05, 3.63) is 60.8 Å². The molecule has 15 heteroatoms. The first kappa shape index (κ1) is 57.6. The van der Waals surface area contributed by atoms with Gasteiger partial charge in [-0.25, -0.2) is 4.57 Å². The highest BCUT2D eigenvalue weighted by Gasteiger charge is 2.51. The molecule has 2 rings (SSSR count). The zero-order valence-electron chi connectivity index (χ0n) is 38.8. The first-order valence-corrected chi connectivity index (χ1v) is 25.7. The van der Waals surface area contributed by atoms with E-state index in [1.807, 2.05) is 0 Å². The smallest absolute Gasteiger partial charge is 0.462 e. The summed E-state index contributed by atoms with van der Waals surface area (Å²) in [5.41, 5.74) is 0. The lowest BCUT2D eigenvalue weighted by Gasteiger charge is -2.41. The maximum atomic E-state index is 12.8. The van der Waals surface area contributed by atoms with Gasteiger partial charge in [0.15, 0.2) is 6.10 Å². The van der Waals surface area contributed by atoms with Gasteiger partial charge < -0.3 is 44.6 Å². The molecular formula is C49H83O14P. The standard InChI is InChI=1S/C49H83O14P/c1-3-5-7-9-11-12-13-14-15-16-17-18-19-20-21-22-23-27-32-36-43(51)61-39(38-60-64(57,58)63-49-47(55)45(53)44(52)46(54)48(49)56)37-59-42(50)35-31-28-24-26-30-34-41-40(62-41)33-29-25-10-8-6-4-2/h5,7,11-12,14-15,17-18,25,29,39-41,44-49,52-56H,3-4,6,8-10,13,16,19-24,26-28,30-38H2,1-2H3,(H,57,58)/b7-5-,12-11-,15-14-,18-17-,29-25-/t39-,40?,41?,44?,45-,46+,47-,48-,49?/m1/s1. The summed E-state index contributed by atoms with van der Waals surface area (Å²) in [6.45, 7) is 3.12. The van der Waals surface area contributed by atoms with Crippen LogP contribution in [0.15, 0.2) is 60.8 Å². The Labute approximate surface area is 383 Å². The molecule has 6 N–H and O–H groups in total. The van der Waals surface area contributed by atoms with Gasteiger partial charge in [0, 0.05) is 12.8 Å². The minimum absolute atomic E-state index is 0.0714. The summed E-state index contributed by atoms with van der Waals surface area (Å²) in [7, 11) is -5.14. The number of carbonyl (C=O) groups excluding carboxylic acids is 2. The largest absolute Gasteiger partial charge is 0.472 e. The maximum absolute atomic E-state index is 12.8. The Morgan fingerprint density at radius 3 is 1.69 bits per heavy atom. The van der Waals surface area contributed by atoms with Gasteiger partial charge in [-0.15, -0.1) is 0 Å². The number of aliphatic hydroxyl groups excluding tert-OH is 5. The number of aliphatic hydroxyl groups is 5. The van der Waals surface area contributed by atoms with E-state index in [1.54, 1.807) is 0 Å². The number of ether oxygens (including phenoxy) is 3. The molecular weight excluding hydrogens is 843 g/mol. The van der Waals surface area contributed by atoms with Crippen LogP contribution in [0, 0.1) is 0 Å². The number of epoxide rings is 1.